The molecule has 1 aliphatic heterocycles. The van der Waals surface area contributed by atoms with Crippen molar-refractivity contribution in [3.8, 4) is 11.8 Å². The van der Waals surface area contributed by atoms with E-state index in [-0.39, 0.29) is 0 Å². The summed E-state index contributed by atoms with van der Waals surface area (Å²) in [6, 6.07) is 0. The molecule has 1 heteroatoms. The Morgan fingerprint density at radius 1 is 1.36 bits per heavy atom. The highest BCUT2D eigenvalue weighted by Gasteiger charge is 2.11. The second-order valence-electron chi connectivity index (χ2n) is 3.02. The average Bonchev–Trinajstić information content (AvgIpc) is 2.07. The maximum atomic E-state index is 5.27. The van der Waals surface area contributed by atoms with E-state index in [2.05, 4.69) is 11.8 Å². The van der Waals surface area contributed by atoms with Crippen molar-refractivity contribution in [2.24, 2.45) is 5.92 Å². The first-order valence-electron chi connectivity index (χ1n) is 4.41. The van der Waals surface area contributed by atoms with Crippen LogP contribution in [0.3, 0.4) is 0 Å². The molecule has 62 valence electrons. The van der Waals surface area contributed by atoms with Crippen molar-refractivity contribution >= 4 is 0 Å². The van der Waals surface area contributed by atoms with Crippen LogP contribution in [0.4, 0.5) is 0 Å². The highest BCUT2D eigenvalue weighted by Crippen LogP contribution is 2.19. The minimum absolute atomic E-state index is 0.879. The zero-order chi connectivity index (χ0) is 7.94. The Labute approximate surface area is 69.1 Å². The molecule has 0 unspecified atom stereocenters. The Kier molecular flexibility index (Phi) is 4.08. The van der Waals surface area contributed by atoms with Gasteiger partial charge < -0.3 is 4.74 Å². The normalized spacial score (nSPS) is 19.0. The highest BCUT2D eigenvalue weighted by molar-refractivity contribution is 4.95. The van der Waals surface area contributed by atoms with Gasteiger partial charge in [0.05, 0.1) is 0 Å². The van der Waals surface area contributed by atoms with Gasteiger partial charge >= 0.3 is 0 Å². The van der Waals surface area contributed by atoms with Gasteiger partial charge in [-0.1, -0.05) is 0 Å². The summed E-state index contributed by atoms with van der Waals surface area (Å²) in [6.07, 6.45) is 4.82. The van der Waals surface area contributed by atoms with Gasteiger partial charge in [-0.15, -0.1) is 11.8 Å². The molecule has 0 amide bonds. The van der Waals surface area contributed by atoms with Gasteiger partial charge in [0.15, 0.2) is 0 Å². The SMILES string of the molecule is CC#CCCC1CCOCC1. The topological polar surface area (TPSA) is 9.23 Å². The van der Waals surface area contributed by atoms with E-state index >= 15 is 0 Å². The monoisotopic (exact) mass is 152 g/mol. The standard InChI is InChI=1S/C10H16O/c1-2-3-4-5-10-6-8-11-9-7-10/h10H,4-9H2,1H3. The molecule has 0 bridgehead atoms. The summed E-state index contributed by atoms with van der Waals surface area (Å²) in [7, 11) is 0. The molecule has 0 saturated carbocycles. The van der Waals surface area contributed by atoms with Gasteiger partial charge in [-0.05, 0) is 32.1 Å². The highest BCUT2D eigenvalue weighted by atomic mass is 16.5. The van der Waals surface area contributed by atoms with Crippen LogP contribution < -0.4 is 0 Å². The summed E-state index contributed by atoms with van der Waals surface area (Å²) >= 11 is 0. The van der Waals surface area contributed by atoms with Crippen LogP contribution in [-0.4, -0.2) is 13.2 Å². The van der Waals surface area contributed by atoms with E-state index in [0.717, 1.165) is 25.6 Å². The fourth-order valence-electron chi connectivity index (χ4n) is 1.44. The number of hydrogen-bond acceptors (Lipinski definition) is 1. The Morgan fingerprint density at radius 2 is 2.09 bits per heavy atom. The van der Waals surface area contributed by atoms with E-state index in [1.165, 1.54) is 19.3 Å². The van der Waals surface area contributed by atoms with Crippen LogP contribution in [0, 0.1) is 17.8 Å². The second-order valence-corrected chi connectivity index (χ2v) is 3.02. The van der Waals surface area contributed by atoms with Gasteiger partial charge in [-0.2, -0.15) is 0 Å². The van der Waals surface area contributed by atoms with Gasteiger partial charge in [0, 0.05) is 19.6 Å². The third-order valence-corrected chi connectivity index (χ3v) is 2.20. The van der Waals surface area contributed by atoms with Crippen LogP contribution in [-0.2, 0) is 4.74 Å². The van der Waals surface area contributed by atoms with Gasteiger partial charge in [0.25, 0.3) is 0 Å². The van der Waals surface area contributed by atoms with Crippen molar-refractivity contribution in [3.63, 3.8) is 0 Å². The largest absolute Gasteiger partial charge is 0.381 e. The summed E-state index contributed by atoms with van der Waals surface area (Å²) in [5, 5.41) is 0. The molecular weight excluding hydrogens is 136 g/mol. The fourth-order valence-corrected chi connectivity index (χ4v) is 1.44. The number of ether oxygens (including phenoxy) is 1. The molecule has 0 aromatic heterocycles. The smallest absolute Gasteiger partial charge is 0.0468 e. The molecular formula is C10H16O. The van der Waals surface area contributed by atoms with Gasteiger partial charge in [-0.3, -0.25) is 0 Å². The Balaban J connectivity index is 2.08. The van der Waals surface area contributed by atoms with Crippen LogP contribution in [0.5, 0.6) is 0 Å². The zero-order valence-electron chi connectivity index (χ0n) is 7.23. The molecule has 0 atom stereocenters. The average molecular weight is 152 g/mol. The summed E-state index contributed by atoms with van der Waals surface area (Å²) in [6.45, 7) is 3.83. The molecule has 0 N–H and O–H groups in total. The predicted molar refractivity (Wildman–Crippen MR) is 46.2 cm³/mol. The quantitative estimate of drug-likeness (QED) is 0.551. The molecule has 0 radical (unpaired) electrons. The maximum Gasteiger partial charge on any atom is 0.0468 e. The van der Waals surface area contributed by atoms with Gasteiger partial charge in [0.2, 0.25) is 0 Å². The zero-order valence-corrected chi connectivity index (χ0v) is 7.23. The molecule has 0 spiro atoms. The third kappa shape index (κ3) is 3.43. The van der Waals surface area contributed by atoms with Crippen molar-refractivity contribution in [1.82, 2.24) is 0 Å². The minimum atomic E-state index is 0.879. The number of hydrogen-bond donors (Lipinski definition) is 0. The van der Waals surface area contributed by atoms with Crippen molar-refractivity contribution in [2.45, 2.75) is 32.6 Å². The predicted octanol–water partition coefficient (Wildman–Crippen LogP) is 2.22. The molecule has 0 aromatic rings. The van der Waals surface area contributed by atoms with Gasteiger partial charge in [0.1, 0.15) is 0 Å². The first-order chi connectivity index (χ1) is 5.43. The third-order valence-electron chi connectivity index (χ3n) is 2.20. The van der Waals surface area contributed by atoms with Crippen molar-refractivity contribution in [1.29, 1.82) is 0 Å². The molecule has 1 nitrogen and oxygen atoms in total. The lowest BCUT2D eigenvalue weighted by atomic mass is 9.95. The summed E-state index contributed by atoms with van der Waals surface area (Å²) in [4.78, 5) is 0. The Morgan fingerprint density at radius 3 is 2.73 bits per heavy atom. The van der Waals surface area contributed by atoms with E-state index in [9.17, 15) is 0 Å². The Hall–Kier alpha value is -0.480. The first kappa shape index (κ1) is 8.62. The molecule has 1 heterocycles. The van der Waals surface area contributed by atoms with Crippen molar-refractivity contribution in [3.05, 3.63) is 0 Å². The van der Waals surface area contributed by atoms with E-state index < -0.39 is 0 Å². The van der Waals surface area contributed by atoms with E-state index in [0.29, 0.717) is 0 Å². The molecule has 1 aliphatic rings. The summed E-state index contributed by atoms with van der Waals surface area (Å²) < 4.78 is 5.27. The molecule has 0 aliphatic carbocycles. The van der Waals surface area contributed by atoms with Crippen LogP contribution >= 0.6 is 0 Å². The Bertz CT molecular complexity index is 146. The summed E-state index contributed by atoms with van der Waals surface area (Å²) in [5.41, 5.74) is 0. The second kappa shape index (κ2) is 5.21. The van der Waals surface area contributed by atoms with Crippen LogP contribution in [0.25, 0.3) is 0 Å². The van der Waals surface area contributed by atoms with E-state index in [1.807, 2.05) is 6.92 Å². The summed E-state index contributed by atoms with van der Waals surface area (Å²) in [5.74, 6) is 6.91. The van der Waals surface area contributed by atoms with Crippen molar-refractivity contribution < 1.29 is 4.74 Å². The molecule has 11 heavy (non-hydrogen) atoms. The molecule has 1 rings (SSSR count). The lowest BCUT2D eigenvalue weighted by Gasteiger charge is -2.20. The van der Waals surface area contributed by atoms with E-state index in [4.69, 9.17) is 4.74 Å². The maximum absolute atomic E-state index is 5.27. The van der Waals surface area contributed by atoms with E-state index in [1.54, 1.807) is 0 Å². The van der Waals surface area contributed by atoms with Crippen LogP contribution in [0.2, 0.25) is 0 Å². The first-order valence-corrected chi connectivity index (χ1v) is 4.41. The molecule has 0 aromatic carbocycles. The van der Waals surface area contributed by atoms with Gasteiger partial charge in [-0.25, -0.2) is 0 Å². The molecule has 1 fully saturated rings. The lowest BCUT2D eigenvalue weighted by Crippen LogP contribution is -2.15. The minimum Gasteiger partial charge on any atom is -0.381 e. The fraction of sp³-hybridized carbons (Fsp3) is 0.800. The lowest BCUT2D eigenvalue weighted by molar-refractivity contribution is 0.0644. The van der Waals surface area contributed by atoms with Crippen LogP contribution in [0.15, 0.2) is 0 Å². The molecule has 1 saturated heterocycles. The number of rotatable bonds is 2. The van der Waals surface area contributed by atoms with Crippen molar-refractivity contribution in [2.75, 3.05) is 13.2 Å². The van der Waals surface area contributed by atoms with Crippen LogP contribution in [0.1, 0.15) is 32.6 Å².